The van der Waals surface area contributed by atoms with Gasteiger partial charge in [-0.3, -0.25) is 9.69 Å². The van der Waals surface area contributed by atoms with Gasteiger partial charge in [-0.2, -0.15) is 0 Å². The Hall–Kier alpha value is -2.25. The molecule has 0 aromatic heterocycles. The van der Waals surface area contributed by atoms with E-state index in [1.54, 1.807) is 13.2 Å². The van der Waals surface area contributed by atoms with Gasteiger partial charge >= 0.3 is 0 Å². The van der Waals surface area contributed by atoms with Crippen LogP contribution in [0.5, 0.6) is 5.75 Å². The quantitative estimate of drug-likeness (QED) is 0.228. The first-order chi connectivity index (χ1) is 24.6. The van der Waals surface area contributed by atoms with Crippen LogP contribution in [-0.4, -0.2) is 89.8 Å². The van der Waals surface area contributed by atoms with Crippen LogP contribution < -0.4 is 15.4 Å². The van der Waals surface area contributed by atoms with Gasteiger partial charge in [0.2, 0.25) is 5.91 Å². The van der Waals surface area contributed by atoms with Gasteiger partial charge < -0.3 is 34.1 Å². The van der Waals surface area contributed by atoms with Gasteiger partial charge in [-0.15, -0.1) is 0 Å². The molecule has 6 atom stereocenters. The number of primary amides is 1. The standard InChI is InChI=1S/C39H56ClN3O7S/c1-25(26(2)51(45)46)7-6-9-35(39-49-23-32(24-50-39)43-20-33(21-43)47-3)34-14-11-29(34)19-42-16-5-4-8-27-17-31(40)13-10-30(27)22-48-37-15-12-28(38(41)44)18-36(37)42/h10,12-13,15,17-18,25-26,29,32-35,39H,4-9,11,14,16,19-24H2,1-3H3,(H2,41,44)(H,45,46)/t25-,26+,29-,32?,34+,35+,39?/m0/s1. The molecule has 0 radical (unpaired) electrons. The summed E-state index contributed by atoms with van der Waals surface area (Å²) in [6, 6.07) is 11.8. The highest BCUT2D eigenvalue weighted by molar-refractivity contribution is 7.79. The molecule has 51 heavy (non-hydrogen) atoms. The summed E-state index contributed by atoms with van der Waals surface area (Å²) in [5.41, 5.74) is 9.49. The number of benzene rings is 2. The van der Waals surface area contributed by atoms with Gasteiger partial charge in [-0.05, 0) is 111 Å². The van der Waals surface area contributed by atoms with Crippen molar-refractivity contribution in [1.82, 2.24) is 4.90 Å². The van der Waals surface area contributed by atoms with E-state index >= 15 is 0 Å². The third kappa shape index (κ3) is 9.47. The lowest BCUT2D eigenvalue weighted by molar-refractivity contribution is -0.251. The van der Waals surface area contributed by atoms with Crippen LogP contribution in [0.2, 0.25) is 5.02 Å². The van der Waals surface area contributed by atoms with Crippen molar-refractivity contribution in [3.8, 4) is 5.75 Å². The first-order valence-corrected chi connectivity index (χ1v) is 20.3. The molecular formula is C39H56ClN3O7S. The molecule has 3 N–H and O–H groups in total. The van der Waals surface area contributed by atoms with Gasteiger partial charge in [0.25, 0.3) is 0 Å². The highest BCUT2D eigenvalue weighted by Gasteiger charge is 2.44. The van der Waals surface area contributed by atoms with Crippen molar-refractivity contribution in [1.29, 1.82) is 0 Å². The van der Waals surface area contributed by atoms with Gasteiger partial charge in [0.15, 0.2) is 17.4 Å². The zero-order valence-corrected chi connectivity index (χ0v) is 31.9. The van der Waals surface area contributed by atoms with Crippen LogP contribution in [-0.2, 0) is 38.3 Å². The van der Waals surface area contributed by atoms with E-state index in [9.17, 15) is 13.6 Å². The molecule has 1 aliphatic carbocycles. The average molecular weight is 746 g/mol. The van der Waals surface area contributed by atoms with E-state index in [1.807, 2.05) is 37.3 Å². The van der Waals surface area contributed by atoms with Crippen LogP contribution in [0, 0.1) is 23.7 Å². The van der Waals surface area contributed by atoms with E-state index in [-0.39, 0.29) is 35.5 Å². The van der Waals surface area contributed by atoms with Crippen molar-refractivity contribution in [2.75, 3.05) is 51.4 Å². The van der Waals surface area contributed by atoms with Crippen LogP contribution in [0.4, 0.5) is 5.69 Å². The minimum atomic E-state index is -1.83. The van der Waals surface area contributed by atoms with Crippen molar-refractivity contribution < 1.29 is 32.5 Å². The third-order valence-electron chi connectivity index (χ3n) is 12.0. The van der Waals surface area contributed by atoms with Gasteiger partial charge in [0, 0.05) is 49.8 Å². The van der Waals surface area contributed by atoms with E-state index in [2.05, 4.69) is 16.7 Å². The molecule has 1 saturated carbocycles. The van der Waals surface area contributed by atoms with Gasteiger partial charge in [-0.25, -0.2) is 4.21 Å². The SMILES string of the molecule is COC1CN(C2COC([C@H](CCC[C@H](C)[C@@H](C)S(=O)O)[C@@H]3CC[C@H]3CN3CCCCc4cc(Cl)ccc4COc4ccc(C(N)=O)cc43)OC2)C1. The molecule has 2 aromatic rings. The lowest BCUT2D eigenvalue weighted by Gasteiger charge is -2.50. The number of anilines is 1. The first-order valence-electron chi connectivity index (χ1n) is 18.8. The van der Waals surface area contributed by atoms with Crippen molar-refractivity contribution in [2.45, 2.75) is 95.5 Å². The molecular weight excluding hydrogens is 690 g/mol. The van der Waals surface area contributed by atoms with E-state index in [0.29, 0.717) is 37.2 Å². The Labute approximate surface area is 310 Å². The molecule has 0 bridgehead atoms. The van der Waals surface area contributed by atoms with E-state index in [4.69, 9.17) is 36.3 Å². The Morgan fingerprint density at radius 2 is 1.86 bits per heavy atom. The second-order valence-corrected chi connectivity index (χ2v) is 16.9. The number of ether oxygens (including phenoxy) is 4. The van der Waals surface area contributed by atoms with Gasteiger partial charge in [0.1, 0.15) is 12.4 Å². The minimum absolute atomic E-state index is 0.141. The second kappa shape index (κ2) is 17.7. The summed E-state index contributed by atoms with van der Waals surface area (Å²) in [5.74, 6) is 1.45. The zero-order valence-electron chi connectivity index (χ0n) is 30.3. The average Bonchev–Trinajstić information content (AvgIpc) is 3.12. The summed E-state index contributed by atoms with van der Waals surface area (Å²) in [4.78, 5) is 17.1. The van der Waals surface area contributed by atoms with Crippen LogP contribution >= 0.6 is 11.6 Å². The number of carbonyl (C=O) groups is 1. The fourth-order valence-electron chi connectivity index (χ4n) is 8.30. The molecule has 2 saturated heterocycles. The molecule has 3 fully saturated rings. The summed E-state index contributed by atoms with van der Waals surface area (Å²) in [5, 5.41) is 0.466. The minimum Gasteiger partial charge on any atom is -0.487 e. The van der Waals surface area contributed by atoms with E-state index < -0.39 is 17.0 Å². The molecule has 10 nitrogen and oxygen atoms in total. The molecule has 1 amide bonds. The summed E-state index contributed by atoms with van der Waals surface area (Å²) >= 11 is 4.55. The number of hydrogen-bond acceptors (Lipinski definition) is 8. The number of nitrogens with zero attached hydrogens (tertiary/aromatic N) is 2. The van der Waals surface area contributed by atoms with Crippen LogP contribution in [0.3, 0.4) is 0 Å². The highest BCUT2D eigenvalue weighted by atomic mass is 35.5. The monoisotopic (exact) mass is 745 g/mol. The smallest absolute Gasteiger partial charge is 0.248 e. The van der Waals surface area contributed by atoms with Crippen molar-refractivity contribution in [3.05, 3.63) is 58.1 Å². The molecule has 2 aromatic carbocycles. The fraction of sp³-hybridized carbons (Fsp3) is 0.667. The first kappa shape index (κ1) is 38.5. The number of methoxy groups -OCH3 is 1. The number of halogens is 1. The highest BCUT2D eigenvalue weighted by Crippen LogP contribution is 2.46. The van der Waals surface area contributed by atoms with Crippen LogP contribution in [0.25, 0.3) is 0 Å². The number of aryl methyl sites for hydroxylation is 1. The molecule has 3 aliphatic heterocycles. The molecule has 0 spiro atoms. The molecule has 4 aliphatic rings. The molecule has 3 heterocycles. The fourth-order valence-corrected chi connectivity index (χ4v) is 9.03. The predicted octanol–water partition coefficient (Wildman–Crippen LogP) is 6.29. The van der Waals surface area contributed by atoms with Crippen molar-refractivity contribution in [2.24, 2.45) is 29.4 Å². The molecule has 12 heteroatoms. The molecule has 282 valence electrons. The Bertz CT molecular complexity index is 1500. The number of rotatable bonds is 13. The Kier molecular flexibility index (Phi) is 13.4. The van der Waals surface area contributed by atoms with E-state index in [1.165, 1.54) is 5.56 Å². The Morgan fingerprint density at radius 1 is 1.08 bits per heavy atom. The Balaban J connectivity index is 1.19. The van der Waals surface area contributed by atoms with E-state index in [0.717, 1.165) is 99.6 Å². The predicted molar refractivity (Wildman–Crippen MR) is 201 cm³/mol. The van der Waals surface area contributed by atoms with Crippen LogP contribution in [0.15, 0.2) is 36.4 Å². The number of fused-ring (bicyclic) bond motifs is 2. The normalized spacial score (nSPS) is 27.0. The zero-order chi connectivity index (χ0) is 36.1. The summed E-state index contributed by atoms with van der Waals surface area (Å²) in [6.07, 6.45) is 7.88. The largest absolute Gasteiger partial charge is 0.487 e. The number of nitrogens with two attached hydrogens (primary N) is 1. The molecule has 1 unspecified atom stereocenters. The topological polar surface area (TPSA) is 124 Å². The number of likely N-dealkylation sites (tertiary alicyclic amines) is 1. The second-order valence-electron chi connectivity index (χ2n) is 15.2. The van der Waals surface area contributed by atoms with Gasteiger partial charge in [0.05, 0.1) is 36.3 Å². The summed E-state index contributed by atoms with van der Waals surface area (Å²) in [7, 11) is 1.76. The summed E-state index contributed by atoms with van der Waals surface area (Å²) in [6.45, 7) is 9.11. The molecule has 6 rings (SSSR count). The maximum Gasteiger partial charge on any atom is 0.248 e. The lowest BCUT2D eigenvalue weighted by Crippen LogP contribution is -2.61. The number of hydrogen-bond donors (Lipinski definition) is 2. The maximum atomic E-state index is 12.4. The maximum absolute atomic E-state index is 12.4. The van der Waals surface area contributed by atoms with Crippen molar-refractivity contribution in [3.63, 3.8) is 0 Å². The number of carbonyl (C=O) groups excluding carboxylic acids is 1. The third-order valence-corrected chi connectivity index (χ3v) is 13.4. The Morgan fingerprint density at radius 3 is 2.55 bits per heavy atom. The van der Waals surface area contributed by atoms with Gasteiger partial charge in [-0.1, -0.05) is 31.0 Å². The lowest BCUT2D eigenvalue weighted by atomic mass is 9.65. The number of amides is 1. The van der Waals surface area contributed by atoms with Crippen molar-refractivity contribution >= 4 is 34.3 Å². The summed E-state index contributed by atoms with van der Waals surface area (Å²) < 4.78 is 46.5. The van der Waals surface area contributed by atoms with Crippen LogP contribution in [0.1, 0.15) is 80.3 Å².